The van der Waals surface area contributed by atoms with Crippen molar-refractivity contribution in [2.75, 3.05) is 26.3 Å². The van der Waals surface area contributed by atoms with E-state index in [1.807, 2.05) is 12.1 Å². The van der Waals surface area contributed by atoms with Gasteiger partial charge in [0.15, 0.2) is 0 Å². The van der Waals surface area contributed by atoms with E-state index in [4.69, 9.17) is 4.74 Å². The van der Waals surface area contributed by atoms with Gasteiger partial charge in [0.1, 0.15) is 5.75 Å². The molecule has 4 heteroatoms. The summed E-state index contributed by atoms with van der Waals surface area (Å²) < 4.78 is 6.05. The first-order valence-electron chi connectivity index (χ1n) is 5.03. The number of hydrogen-bond acceptors (Lipinski definition) is 3. The van der Waals surface area contributed by atoms with Crippen molar-refractivity contribution >= 4 is 15.9 Å². The maximum Gasteiger partial charge on any atom is 0.129 e. The van der Waals surface area contributed by atoms with Crippen molar-refractivity contribution in [1.29, 1.82) is 0 Å². The van der Waals surface area contributed by atoms with Crippen LogP contribution in [0, 0.1) is 0 Å². The summed E-state index contributed by atoms with van der Waals surface area (Å²) >= 11 is 3.32. The minimum atomic E-state index is 0.292. The van der Waals surface area contributed by atoms with Crippen molar-refractivity contribution in [3.05, 3.63) is 28.2 Å². The van der Waals surface area contributed by atoms with Gasteiger partial charge in [-0.2, -0.15) is 0 Å². The molecule has 1 aromatic carbocycles. The molecule has 1 heterocycles. The topological polar surface area (TPSA) is 32.7 Å². The zero-order valence-electron chi connectivity index (χ0n) is 8.45. The SMILES string of the molecule is Oc1ccc(CN2CCOCC2)cc1Br. The molecule has 0 aliphatic carbocycles. The maximum atomic E-state index is 9.37. The fourth-order valence-corrected chi connectivity index (χ4v) is 2.09. The van der Waals surface area contributed by atoms with E-state index < -0.39 is 0 Å². The molecule has 0 aromatic heterocycles. The molecule has 3 nitrogen and oxygen atoms in total. The van der Waals surface area contributed by atoms with Gasteiger partial charge in [-0.15, -0.1) is 0 Å². The Morgan fingerprint density at radius 1 is 1.33 bits per heavy atom. The van der Waals surface area contributed by atoms with Gasteiger partial charge in [0.05, 0.1) is 17.7 Å². The molecule has 15 heavy (non-hydrogen) atoms. The second kappa shape index (κ2) is 4.96. The number of aromatic hydroxyl groups is 1. The number of ether oxygens (including phenoxy) is 1. The Kier molecular flexibility index (Phi) is 3.61. The third kappa shape index (κ3) is 2.93. The van der Waals surface area contributed by atoms with E-state index in [1.54, 1.807) is 6.07 Å². The quantitative estimate of drug-likeness (QED) is 0.893. The van der Waals surface area contributed by atoms with Crippen LogP contribution in [0.15, 0.2) is 22.7 Å². The van der Waals surface area contributed by atoms with Gasteiger partial charge in [-0.1, -0.05) is 6.07 Å². The zero-order chi connectivity index (χ0) is 10.7. The maximum absolute atomic E-state index is 9.37. The molecule has 1 aliphatic heterocycles. The third-order valence-corrected chi connectivity index (χ3v) is 3.16. The van der Waals surface area contributed by atoms with Crippen molar-refractivity contribution in [1.82, 2.24) is 4.90 Å². The minimum absolute atomic E-state index is 0.292. The minimum Gasteiger partial charge on any atom is -0.507 e. The molecule has 82 valence electrons. The zero-order valence-corrected chi connectivity index (χ0v) is 10.0. The fraction of sp³-hybridized carbons (Fsp3) is 0.455. The van der Waals surface area contributed by atoms with E-state index >= 15 is 0 Å². The van der Waals surface area contributed by atoms with Crippen LogP contribution >= 0.6 is 15.9 Å². The molecule has 0 amide bonds. The monoisotopic (exact) mass is 271 g/mol. The standard InChI is InChI=1S/C11H14BrNO2/c12-10-7-9(1-2-11(10)14)8-13-3-5-15-6-4-13/h1-2,7,14H,3-6,8H2. The lowest BCUT2D eigenvalue weighted by Crippen LogP contribution is -2.35. The molecule has 0 unspecified atom stereocenters. The van der Waals surface area contributed by atoms with E-state index in [1.165, 1.54) is 5.56 Å². The van der Waals surface area contributed by atoms with Gasteiger partial charge in [0.25, 0.3) is 0 Å². The molecule has 1 fully saturated rings. The van der Waals surface area contributed by atoms with E-state index in [0.717, 1.165) is 37.3 Å². The Hall–Kier alpha value is -0.580. The van der Waals surface area contributed by atoms with Crippen molar-refractivity contribution < 1.29 is 9.84 Å². The molecule has 0 atom stereocenters. The Morgan fingerprint density at radius 3 is 2.73 bits per heavy atom. The van der Waals surface area contributed by atoms with E-state index in [0.29, 0.717) is 5.75 Å². The van der Waals surface area contributed by atoms with Crippen molar-refractivity contribution in [3.8, 4) is 5.75 Å². The summed E-state index contributed by atoms with van der Waals surface area (Å²) in [6, 6.07) is 5.64. The summed E-state index contributed by atoms with van der Waals surface area (Å²) in [5.74, 6) is 0.292. The van der Waals surface area contributed by atoms with Gasteiger partial charge in [-0.25, -0.2) is 0 Å². The van der Waals surface area contributed by atoms with Crippen LogP contribution in [0.4, 0.5) is 0 Å². The van der Waals surface area contributed by atoms with Gasteiger partial charge in [-0.3, -0.25) is 4.90 Å². The van der Waals surface area contributed by atoms with E-state index in [-0.39, 0.29) is 0 Å². The van der Waals surface area contributed by atoms with Crippen LogP contribution < -0.4 is 0 Å². The van der Waals surface area contributed by atoms with Crippen molar-refractivity contribution in [3.63, 3.8) is 0 Å². The summed E-state index contributed by atoms with van der Waals surface area (Å²) in [6.45, 7) is 4.53. The first-order chi connectivity index (χ1) is 7.25. The van der Waals surface area contributed by atoms with Gasteiger partial charge < -0.3 is 9.84 Å². The first kappa shape index (κ1) is 10.9. The summed E-state index contributed by atoms with van der Waals surface area (Å²) in [5, 5.41) is 9.37. The average molecular weight is 272 g/mol. The second-order valence-corrected chi connectivity index (χ2v) is 4.53. The number of halogens is 1. The molecule has 1 saturated heterocycles. The van der Waals surface area contributed by atoms with Crippen LogP contribution in [0.25, 0.3) is 0 Å². The predicted molar refractivity (Wildman–Crippen MR) is 61.9 cm³/mol. The molecule has 1 N–H and O–H groups in total. The van der Waals surface area contributed by atoms with Crippen molar-refractivity contribution in [2.24, 2.45) is 0 Å². The predicted octanol–water partition coefficient (Wildman–Crippen LogP) is 1.99. The van der Waals surface area contributed by atoms with Gasteiger partial charge in [0, 0.05) is 19.6 Å². The highest BCUT2D eigenvalue weighted by molar-refractivity contribution is 9.10. The fourth-order valence-electron chi connectivity index (χ4n) is 1.67. The third-order valence-electron chi connectivity index (χ3n) is 2.52. The van der Waals surface area contributed by atoms with E-state index in [2.05, 4.69) is 20.8 Å². The lowest BCUT2D eigenvalue weighted by Gasteiger charge is -2.26. The highest BCUT2D eigenvalue weighted by Gasteiger charge is 2.11. The second-order valence-electron chi connectivity index (χ2n) is 3.67. The molecule has 0 radical (unpaired) electrons. The van der Waals surface area contributed by atoms with Crippen LogP contribution in [-0.2, 0) is 11.3 Å². The molecular formula is C11H14BrNO2. The largest absolute Gasteiger partial charge is 0.507 e. The smallest absolute Gasteiger partial charge is 0.129 e. The summed E-state index contributed by atoms with van der Waals surface area (Å²) in [4.78, 5) is 2.35. The molecule has 1 aromatic rings. The Labute approximate surface area is 97.8 Å². The van der Waals surface area contributed by atoms with Crippen molar-refractivity contribution in [2.45, 2.75) is 6.54 Å². The number of phenols is 1. The number of nitrogens with zero attached hydrogens (tertiary/aromatic N) is 1. The van der Waals surface area contributed by atoms with E-state index in [9.17, 15) is 5.11 Å². The Morgan fingerprint density at radius 2 is 2.07 bits per heavy atom. The molecule has 0 spiro atoms. The molecule has 0 bridgehead atoms. The lowest BCUT2D eigenvalue weighted by molar-refractivity contribution is 0.0342. The number of hydrogen-bond donors (Lipinski definition) is 1. The lowest BCUT2D eigenvalue weighted by atomic mass is 10.2. The molecule has 1 aliphatic rings. The van der Waals surface area contributed by atoms with Gasteiger partial charge >= 0.3 is 0 Å². The summed E-state index contributed by atoms with van der Waals surface area (Å²) in [6.07, 6.45) is 0. The average Bonchev–Trinajstić information content (AvgIpc) is 2.25. The highest BCUT2D eigenvalue weighted by Crippen LogP contribution is 2.24. The van der Waals surface area contributed by atoms with Crippen LogP contribution in [0.5, 0.6) is 5.75 Å². The Bertz CT molecular complexity index is 337. The van der Waals surface area contributed by atoms with Crippen LogP contribution in [0.1, 0.15) is 5.56 Å². The number of morpholine rings is 1. The summed E-state index contributed by atoms with van der Waals surface area (Å²) in [7, 11) is 0. The van der Waals surface area contributed by atoms with Gasteiger partial charge in [0.2, 0.25) is 0 Å². The number of rotatable bonds is 2. The summed E-state index contributed by atoms with van der Waals surface area (Å²) in [5.41, 5.74) is 1.21. The highest BCUT2D eigenvalue weighted by atomic mass is 79.9. The first-order valence-corrected chi connectivity index (χ1v) is 5.82. The van der Waals surface area contributed by atoms with Crippen LogP contribution in [-0.4, -0.2) is 36.3 Å². The Balaban J connectivity index is 2.00. The van der Waals surface area contributed by atoms with Crippen LogP contribution in [0.3, 0.4) is 0 Å². The molecule has 0 saturated carbocycles. The molecule has 2 rings (SSSR count). The van der Waals surface area contributed by atoms with Gasteiger partial charge in [-0.05, 0) is 33.6 Å². The molecular weight excluding hydrogens is 258 g/mol. The normalized spacial score (nSPS) is 17.9. The number of benzene rings is 1. The van der Waals surface area contributed by atoms with Crippen LogP contribution in [0.2, 0.25) is 0 Å². The number of phenolic OH excluding ortho intramolecular Hbond substituents is 1.